The zero-order valence-electron chi connectivity index (χ0n) is 11.3. The average molecular weight is 261 g/mol. The van der Waals surface area contributed by atoms with Crippen molar-refractivity contribution in [1.29, 1.82) is 0 Å². The highest BCUT2D eigenvalue weighted by molar-refractivity contribution is 7.10. The van der Waals surface area contributed by atoms with Gasteiger partial charge in [0.15, 0.2) is 0 Å². The number of rotatable bonds is 5. The van der Waals surface area contributed by atoms with Crippen LogP contribution in [0.2, 0.25) is 0 Å². The molecule has 1 heterocycles. The van der Waals surface area contributed by atoms with Gasteiger partial charge in [-0.3, -0.25) is 0 Å². The average Bonchev–Trinajstić information content (AvgIpc) is 3.05. The maximum atomic E-state index is 3.82. The second-order valence-electron chi connectivity index (χ2n) is 6.19. The Labute approximate surface area is 114 Å². The molecule has 98 valence electrons. The largest absolute Gasteiger partial charge is 0.309 e. The van der Waals surface area contributed by atoms with E-state index in [9.17, 15) is 0 Å². The summed E-state index contributed by atoms with van der Waals surface area (Å²) in [7, 11) is 0. The Bertz CT molecular complexity index is 407. The van der Waals surface area contributed by atoms with E-state index in [1.54, 1.807) is 0 Å². The SMILES string of the molecule is CC(C)C(NCC1CC2C=CC1C2)c1cccs1. The molecule has 3 rings (SSSR count). The van der Waals surface area contributed by atoms with Crippen LogP contribution in [0.25, 0.3) is 0 Å². The van der Waals surface area contributed by atoms with Crippen LogP contribution in [-0.4, -0.2) is 6.54 Å². The van der Waals surface area contributed by atoms with Gasteiger partial charge in [-0.2, -0.15) is 0 Å². The molecule has 0 radical (unpaired) electrons. The Morgan fingerprint density at radius 3 is 2.78 bits per heavy atom. The molecule has 4 atom stereocenters. The molecule has 2 aliphatic rings. The fourth-order valence-corrected chi connectivity index (χ4v) is 4.51. The van der Waals surface area contributed by atoms with Gasteiger partial charge in [0.05, 0.1) is 0 Å². The summed E-state index contributed by atoms with van der Waals surface area (Å²) >= 11 is 1.88. The first-order valence-electron chi connectivity index (χ1n) is 7.19. The van der Waals surface area contributed by atoms with Crippen molar-refractivity contribution in [1.82, 2.24) is 5.32 Å². The zero-order chi connectivity index (χ0) is 12.5. The van der Waals surface area contributed by atoms with Crippen molar-refractivity contribution in [3.8, 4) is 0 Å². The van der Waals surface area contributed by atoms with Gasteiger partial charge < -0.3 is 5.32 Å². The number of thiophene rings is 1. The van der Waals surface area contributed by atoms with Gasteiger partial charge in [0.2, 0.25) is 0 Å². The van der Waals surface area contributed by atoms with Gasteiger partial charge in [-0.1, -0.05) is 32.1 Å². The highest BCUT2D eigenvalue weighted by atomic mass is 32.1. The molecule has 1 saturated carbocycles. The maximum Gasteiger partial charge on any atom is 0.0438 e. The van der Waals surface area contributed by atoms with Crippen molar-refractivity contribution in [3.63, 3.8) is 0 Å². The summed E-state index contributed by atoms with van der Waals surface area (Å²) in [4.78, 5) is 1.49. The fraction of sp³-hybridized carbons (Fsp3) is 0.625. The molecule has 2 heteroatoms. The second-order valence-corrected chi connectivity index (χ2v) is 7.16. The van der Waals surface area contributed by atoms with E-state index in [-0.39, 0.29) is 0 Å². The third-order valence-electron chi connectivity index (χ3n) is 4.53. The fourth-order valence-electron chi connectivity index (χ4n) is 3.54. The Morgan fingerprint density at radius 2 is 2.22 bits per heavy atom. The van der Waals surface area contributed by atoms with Gasteiger partial charge in [-0.05, 0) is 54.5 Å². The molecule has 0 aliphatic heterocycles. The van der Waals surface area contributed by atoms with Crippen molar-refractivity contribution in [2.75, 3.05) is 6.54 Å². The molecule has 18 heavy (non-hydrogen) atoms. The second kappa shape index (κ2) is 5.18. The third-order valence-corrected chi connectivity index (χ3v) is 5.49. The monoisotopic (exact) mass is 261 g/mol. The highest BCUT2D eigenvalue weighted by Crippen LogP contribution is 2.43. The number of hydrogen-bond acceptors (Lipinski definition) is 2. The Morgan fingerprint density at radius 1 is 1.33 bits per heavy atom. The maximum absolute atomic E-state index is 3.82. The minimum absolute atomic E-state index is 0.535. The van der Waals surface area contributed by atoms with E-state index >= 15 is 0 Å². The molecule has 0 saturated heterocycles. The molecule has 0 spiro atoms. The van der Waals surface area contributed by atoms with Gasteiger partial charge in [-0.25, -0.2) is 0 Å². The minimum Gasteiger partial charge on any atom is -0.309 e. The van der Waals surface area contributed by atoms with E-state index < -0.39 is 0 Å². The predicted octanol–water partition coefficient (Wildman–Crippen LogP) is 4.25. The molecule has 0 amide bonds. The van der Waals surface area contributed by atoms with E-state index in [4.69, 9.17) is 0 Å². The summed E-state index contributed by atoms with van der Waals surface area (Å²) in [5.74, 6) is 3.29. The van der Waals surface area contributed by atoms with Crippen molar-refractivity contribution in [3.05, 3.63) is 34.5 Å². The van der Waals surface area contributed by atoms with E-state index in [2.05, 4.69) is 48.8 Å². The molecule has 1 nitrogen and oxygen atoms in total. The van der Waals surface area contributed by atoms with Crippen LogP contribution in [0.15, 0.2) is 29.7 Å². The van der Waals surface area contributed by atoms with Crippen molar-refractivity contribution in [2.45, 2.75) is 32.7 Å². The summed E-state index contributed by atoms with van der Waals surface area (Å²) in [6.07, 6.45) is 7.71. The first-order chi connectivity index (χ1) is 8.74. The molecule has 0 aromatic carbocycles. The Kier molecular flexibility index (Phi) is 3.58. The first-order valence-corrected chi connectivity index (χ1v) is 8.07. The molecule has 1 fully saturated rings. The van der Waals surface area contributed by atoms with Crippen LogP contribution in [0.4, 0.5) is 0 Å². The van der Waals surface area contributed by atoms with Crippen LogP contribution in [0.3, 0.4) is 0 Å². The number of hydrogen-bond donors (Lipinski definition) is 1. The predicted molar refractivity (Wildman–Crippen MR) is 78.7 cm³/mol. The lowest BCUT2D eigenvalue weighted by Crippen LogP contribution is -2.31. The minimum atomic E-state index is 0.535. The van der Waals surface area contributed by atoms with Gasteiger partial charge >= 0.3 is 0 Å². The number of nitrogens with one attached hydrogen (secondary N) is 1. The summed E-state index contributed by atoms with van der Waals surface area (Å²) in [6.45, 7) is 5.82. The van der Waals surface area contributed by atoms with Gasteiger partial charge in [0.25, 0.3) is 0 Å². The number of allylic oxidation sites excluding steroid dienone is 2. The van der Waals surface area contributed by atoms with Crippen LogP contribution >= 0.6 is 11.3 Å². The molecular formula is C16H23NS. The Hall–Kier alpha value is -0.600. The molecular weight excluding hydrogens is 238 g/mol. The van der Waals surface area contributed by atoms with Crippen molar-refractivity contribution < 1.29 is 0 Å². The molecule has 2 bridgehead atoms. The highest BCUT2D eigenvalue weighted by Gasteiger charge is 2.35. The number of fused-ring (bicyclic) bond motifs is 2. The van der Waals surface area contributed by atoms with Crippen LogP contribution in [0.5, 0.6) is 0 Å². The zero-order valence-corrected chi connectivity index (χ0v) is 12.1. The van der Waals surface area contributed by atoms with Crippen molar-refractivity contribution >= 4 is 11.3 Å². The van der Waals surface area contributed by atoms with Crippen LogP contribution in [-0.2, 0) is 0 Å². The van der Waals surface area contributed by atoms with E-state index in [1.165, 1.54) is 24.3 Å². The lowest BCUT2D eigenvalue weighted by Gasteiger charge is -2.25. The Balaban J connectivity index is 1.59. The van der Waals surface area contributed by atoms with E-state index in [1.807, 2.05) is 11.3 Å². The van der Waals surface area contributed by atoms with Gasteiger partial charge in [-0.15, -0.1) is 11.3 Å². The quantitative estimate of drug-likeness (QED) is 0.781. The molecule has 1 aromatic heterocycles. The standard InChI is InChI=1S/C16H23NS/c1-11(2)16(15-4-3-7-18-15)17-10-14-9-12-5-6-13(14)8-12/h3-7,11-14,16-17H,8-10H2,1-2H3. The molecule has 1 aromatic rings. The van der Waals surface area contributed by atoms with Crippen LogP contribution in [0, 0.1) is 23.7 Å². The summed E-state index contributed by atoms with van der Waals surface area (Å²) in [6, 6.07) is 4.97. The summed E-state index contributed by atoms with van der Waals surface area (Å²) in [5.41, 5.74) is 0. The summed E-state index contributed by atoms with van der Waals surface area (Å²) < 4.78 is 0. The summed E-state index contributed by atoms with van der Waals surface area (Å²) in [5, 5.41) is 6.01. The van der Waals surface area contributed by atoms with Gasteiger partial charge in [0.1, 0.15) is 0 Å². The first kappa shape index (κ1) is 12.4. The topological polar surface area (TPSA) is 12.0 Å². The van der Waals surface area contributed by atoms with Gasteiger partial charge in [0, 0.05) is 10.9 Å². The molecule has 2 aliphatic carbocycles. The molecule has 1 N–H and O–H groups in total. The normalized spacial score (nSPS) is 31.4. The van der Waals surface area contributed by atoms with Crippen LogP contribution < -0.4 is 5.32 Å². The van der Waals surface area contributed by atoms with Crippen LogP contribution in [0.1, 0.15) is 37.6 Å². The van der Waals surface area contributed by atoms with E-state index in [0.29, 0.717) is 12.0 Å². The molecule has 4 unspecified atom stereocenters. The van der Waals surface area contributed by atoms with Crippen molar-refractivity contribution in [2.24, 2.45) is 23.7 Å². The van der Waals surface area contributed by atoms with E-state index in [0.717, 1.165) is 17.8 Å². The lowest BCUT2D eigenvalue weighted by atomic mass is 9.92. The third kappa shape index (κ3) is 2.41. The lowest BCUT2D eigenvalue weighted by molar-refractivity contribution is 0.346. The smallest absolute Gasteiger partial charge is 0.0438 e.